The Morgan fingerprint density at radius 1 is 1.44 bits per heavy atom. The van der Waals surface area contributed by atoms with E-state index in [0.29, 0.717) is 13.0 Å². The first-order chi connectivity index (χ1) is 8.17. The number of sulfone groups is 1. The van der Waals surface area contributed by atoms with Gasteiger partial charge in [0.15, 0.2) is 9.84 Å². The summed E-state index contributed by atoms with van der Waals surface area (Å²) in [5.41, 5.74) is 5.46. The van der Waals surface area contributed by atoms with Crippen LogP contribution >= 0.6 is 0 Å². The highest BCUT2D eigenvalue weighted by Gasteiger charge is 2.34. The molecule has 0 saturated carbocycles. The lowest BCUT2D eigenvalue weighted by molar-refractivity contribution is -0.131. The molecule has 1 saturated heterocycles. The number of nitrogens with one attached hydrogen (secondary N) is 1. The molecule has 1 heterocycles. The molecule has 7 heteroatoms. The molecule has 106 valence electrons. The van der Waals surface area contributed by atoms with E-state index in [2.05, 4.69) is 5.32 Å². The lowest BCUT2D eigenvalue weighted by Crippen LogP contribution is -2.46. The van der Waals surface area contributed by atoms with E-state index in [1.807, 2.05) is 0 Å². The maximum atomic E-state index is 11.8. The Hall–Kier alpha value is -0.660. The Balaban J connectivity index is 2.48. The van der Waals surface area contributed by atoms with Crippen LogP contribution in [0, 0.1) is 0 Å². The van der Waals surface area contributed by atoms with Crippen molar-refractivity contribution in [3.63, 3.8) is 0 Å². The molecule has 1 rings (SSSR count). The minimum Gasteiger partial charge on any atom is -0.364 e. The van der Waals surface area contributed by atoms with E-state index >= 15 is 0 Å². The van der Waals surface area contributed by atoms with Crippen LogP contribution in [0.25, 0.3) is 0 Å². The van der Waals surface area contributed by atoms with E-state index in [9.17, 15) is 13.2 Å². The van der Waals surface area contributed by atoms with Gasteiger partial charge in [-0.05, 0) is 26.7 Å². The molecule has 0 aromatic rings. The van der Waals surface area contributed by atoms with Gasteiger partial charge in [0, 0.05) is 19.3 Å². The highest BCUT2D eigenvalue weighted by molar-refractivity contribution is 7.92. The second-order valence-corrected chi connectivity index (χ2v) is 7.96. The van der Waals surface area contributed by atoms with Crippen LogP contribution in [0.1, 0.15) is 26.7 Å². The molecule has 1 fully saturated rings. The number of carbonyl (C=O) groups is 1. The first-order valence-electron chi connectivity index (χ1n) is 6.00. The summed E-state index contributed by atoms with van der Waals surface area (Å²) >= 11 is 0. The van der Waals surface area contributed by atoms with E-state index in [4.69, 9.17) is 10.5 Å². The van der Waals surface area contributed by atoms with Crippen LogP contribution in [-0.2, 0) is 19.4 Å². The normalized spacial score (nSPS) is 25.1. The van der Waals surface area contributed by atoms with E-state index in [0.717, 1.165) is 12.7 Å². The highest BCUT2D eigenvalue weighted by atomic mass is 32.2. The molecular formula is C11H22N2O4S. The molecule has 0 spiro atoms. The van der Waals surface area contributed by atoms with E-state index in [-0.39, 0.29) is 18.6 Å². The lowest BCUT2D eigenvalue weighted by atomic mass is 10.1. The standard InChI is InChI=1S/C11H22N2O4S/c1-11(2,18(3,15)16)7-13-10(14)9-5-4-8(6-12)17-9/h8-9H,4-7,12H2,1-3H3,(H,13,14). The van der Waals surface area contributed by atoms with Crippen LogP contribution in [0.15, 0.2) is 0 Å². The minimum absolute atomic E-state index is 0.0660. The Morgan fingerprint density at radius 3 is 2.50 bits per heavy atom. The van der Waals surface area contributed by atoms with Crippen LogP contribution in [-0.4, -0.2) is 50.6 Å². The molecule has 1 aliphatic rings. The molecular weight excluding hydrogens is 256 g/mol. The molecule has 18 heavy (non-hydrogen) atoms. The Morgan fingerprint density at radius 2 is 2.06 bits per heavy atom. The predicted octanol–water partition coefficient (Wildman–Crippen LogP) is -0.568. The molecule has 0 aromatic carbocycles. The minimum atomic E-state index is -3.21. The van der Waals surface area contributed by atoms with Gasteiger partial charge in [0.25, 0.3) is 0 Å². The van der Waals surface area contributed by atoms with E-state index < -0.39 is 20.7 Å². The average Bonchev–Trinajstić information content (AvgIpc) is 2.73. The van der Waals surface area contributed by atoms with Gasteiger partial charge in [-0.3, -0.25) is 4.79 Å². The van der Waals surface area contributed by atoms with Gasteiger partial charge in [-0.15, -0.1) is 0 Å². The van der Waals surface area contributed by atoms with Crippen molar-refractivity contribution in [3.05, 3.63) is 0 Å². The molecule has 2 atom stereocenters. The van der Waals surface area contributed by atoms with Crippen molar-refractivity contribution >= 4 is 15.7 Å². The summed E-state index contributed by atoms with van der Waals surface area (Å²) in [6.45, 7) is 3.65. The highest BCUT2D eigenvalue weighted by Crippen LogP contribution is 2.19. The quantitative estimate of drug-likeness (QED) is 0.702. The Bertz CT molecular complexity index is 405. The van der Waals surface area contributed by atoms with Gasteiger partial charge in [-0.25, -0.2) is 8.42 Å². The number of hydrogen-bond donors (Lipinski definition) is 2. The largest absolute Gasteiger partial charge is 0.364 e. The monoisotopic (exact) mass is 278 g/mol. The van der Waals surface area contributed by atoms with Crippen molar-refractivity contribution in [1.29, 1.82) is 0 Å². The number of carbonyl (C=O) groups excluding carboxylic acids is 1. The topological polar surface area (TPSA) is 98.5 Å². The number of nitrogens with two attached hydrogens (primary N) is 1. The molecule has 6 nitrogen and oxygen atoms in total. The second kappa shape index (κ2) is 5.54. The van der Waals surface area contributed by atoms with Gasteiger partial charge in [0.05, 0.1) is 10.9 Å². The van der Waals surface area contributed by atoms with Crippen molar-refractivity contribution in [2.45, 2.75) is 43.6 Å². The molecule has 1 aliphatic heterocycles. The van der Waals surface area contributed by atoms with Gasteiger partial charge in [0.1, 0.15) is 6.10 Å². The van der Waals surface area contributed by atoms with Crippen LogP contribution in [0.4, 0.5) is 0 Å². The summed E-state index contributed by atoms with van der Waals surface area (Å²) in [5, 5.41) is 2.63. The fourth-order valence-electron chi connectivity index (χ4n) is 1.62. The van der Waals surface area contributed by atoms with Crippen LogP contribution < -0.4 is 11.1 Å². The second-order valence-electron chi connectivity index (χ2n) is 5.31. The molecule has 2 unspecified atom stereocenters. The van der Waals surface area contributed by atoms with Gasteiger partial charge < -0.3 is 15.8 Å². The van der Waals surface area contributed by atoms with E-state index in [1.165, 1.54) is 0 Å². The third-order valence-corrected chi connectivity index (χ3v) is 5.51. The van der Waals surface area contributed by atoms with Crippen molar-refractivity contribution < 1.29 is 17.9 Å². The molecule has 0 radical (unpaired) electrons. The average molecular weight is 278 g/mol. The number of hydrogen-bond acceptors (Lipinski definition) is 5. The van der Waals surface area contributed by atoms with Crippen LogP contribution in [0.2, 0.25) is 0 Å². The Kier molecular flexibility index (Phi) is 4.74. The fourth-order valence-corrected chi connectivity index (χ4v) is 1.95. The fraction of sp³-hybridized carbons (Fsp3) is 0.909. The smallest absolute Gasteiger partial charge is 0.249 e. The lowest BCUT2D eigenvalue weighted by Gasteiger charge is -2.23. The van der Waals surface area contributed by atoms with Gasteiger partial charge in [-0.1, -0.05) is 0 Å². The molecule has 1 amide bonds. The third-order valence-electron chi connectivity index (χ3n) is 3.35. The van der Waals surface area contributed by atoms with Gasteiger partial charge in [-0.2, -0.15) is 0 Å². The Labute approximate surface area is 108 Å². The van der Waals surface area contributed by atoms with Crippen molar-refractivity contribution in [3.8, 4) is 0 Å². The predicted molar refractivity (Wildman–Crippen MR) is 68.9 cm³/mol. The number of rotatable bonds is 5. The van der Waals surface area contributed by atoms with Crippen LogP contribution in [0.3, 0.4) is 0 Å². The molecule has 0 aliphatic carbocycles. The third kappa shape index (κ3) is 3.66. The number of ether oxygens (including phenoxy) is 1. The van der Waals surface area contributed by atoms with Crippen molar-refractivity contribution in [2.75, 3.05) is 19.3 Å². The summed E-state index contributed by atoms with van der Waals surface area (Å²) in [4.78, 5) is 11.8. The summed E-state index contributed by atoms with van der Waals surface area (Å²) in [6, 6.07) is 0. The maximum Gasteiger partial charge on any atom is 0.249 e. The van der Waals surface area contributed by atoms with Crippen molar-refractivity contribution in [1.82, 2.24) is 5.32 Å². The number of amides is 1. The summed E-state index contributed by atoms with van der Waals surface area (Å²) in [5.74, 6) is -0.261. The molecule has 0 bridgehead atoms. The van der Waals surface area contributed by atoms with Crippen LogP contribution in [0.5, 0.6) is 0 Å². The molecule has 0 aromatic heterocycles. The summed E-state index contributed by atoms with van der Waals surface area (Å²) < 4.78 is 27.4. The van der Waals surface area contributed by atoms with Gasteiger partial charge in [0.2, 0.25) is 5.91 Å². The zero-order valence-corrected chi connectivity index (χ0v) is 11.9. The maximum absolute atomic E-state index is 11.8. The first-order valence-corrected chi connectivity index (χ1v) is 7.89. The van der Waals surface area contributed by atoms with Crippen molar-refractivity contribution in [2.24, 2.45) is 5.73 Å². The first kappa shape index (κ1) is 15.4. The zero-order chi connectivity index (χ0) is 14.0. The summed E-state index contributed by atoms with van der Waals surface area (Å²) in [7, 11) is -3.21. The molecule has 3 N–H and O–H groups in total. The SMILES string of the molecule is CC(C)(CNC(=O)C1CCC(CN)O1)S(C)(=O)=O. The zero-order valence-electron chi connectivity index (χ0n) is 11.1. The van der Waals surface area contributed by atoms with E-state index in [1.54, 1.807) is 13.8 Å². The van der Waals surface area contributed by atoms with Gasteiger partial charge >= 0.3 is 0 Å². The summed E-state index contributed by atoms with van der Waals surface area (Å²) in [6.07, 6.45) is 1.99.